The van der Waals surface area contributed by atoms with Gasteiger partial charge in [-0.15, -0.1) is 10.2 Å². The number of aryl methyl sites for hydroxylation is 1. The molecule has 116 valence electrons. The van der Waals surface area contributed by atoms with Gasteiger partial charge in [-0.25, -0.2) is 4.79 Å². The minimum absolute atomic E-state index is 0.0901. The third-order valence-electron chi connectivity index (χ3n) is 3.84. The number of benzene rings is 1. The normalized spacial score (nSPS) is 13.8. The average molecular weight is 316 g/mol. The van der Waals surface area contributed by atoms with Gasteiger partial charge in [0.2, 0.25) is 5.13 Å². The molecule has 1 N–H and O–H groups in total. The molecule has 6 heteroatoms. The van der Waals surface area contributed by atoms with Gasteiger partial charge < -0.3 is 4.90 Å². The second-order valence-electron chi connectivity index (χ2n) is 5.47. The van der Waals surface area contributed by atoms with Gasteiger partial charge in [-0.1, -0.05) is 48.9 Å². The topological polar surface area (TPSA) is 58.1 Å². The van der Waals surface area contributed by atoms with Crippen molar-refractivity contribution in [3.8, 4) is 0 Å². The van der Waals surface area contributed by atoms with Crippen LogP contribution in [-0.2, 0) is 19.4 Å². The van der Waals surface area contributed by atoms with Crippen LogP contribution in [0.5, 0.6) is 0 Å². The number of carbonyl (C=O) groups excluding carboxylic acids is 1. The third-order valence-corrected chi connectivity index (χ3v) is 4.74. The molecule has 3 rings (SSSR count). The number of unbranched alkanes of at least 4 members (excludes halogenated alkanes) is 1. The monoisotopic (exact) mass is 316 g/mol. The fraction of sp³-hybridized carbons (Fsp3) is 0.438. The number of fused-ring (bicyclic) bond motifs is 1. The molecule has 2 aromatic rings. The van der Waals surface area contributed by atoms with Crippen LogP contribution >= 0.6 is 11.3 Å². The summed E-state index contributed by atoms with van der Waals surface area (Å²) in [5.74, 6) is 0. The predicted molar refractivity (Wildman–Crippen MR) is 88.1 cm³/mol. The van der Waals surface area contributed by atoms with Gasteiger partial charge in [0.1, 0.15) is 5.01 Å². The van der Waals surface area contributed by atoms with Crippen molar-refractivity contribution in [2.24, 2.45) is 0 Å². The highest BCUT2D eigenvalue weighted by atomic mass is 32.1. The Balaban J connectivity index is 1.60. The largest absolute Gasteiger partial charge is 0.324 e. The Hall–Kier alpha value is -1.95. The molecular weight excluding hydrogens is 296 g/mol. The van der Waals surface area contributed by atoms with E-state index in [1.165, 1.54) is 22.5 Å². The van der Waals surface area contributed by atoms with E-state index in [0.29, 0.717) is 11.7 Å². The lowest BCUT2D eigenvalue weighted by atomic mass is 10.0. The van der Waals surface area contributed by atoms with Gasteiger partial charge in [0.05, 0.1) is 0 Å². The molecule has 1 aliphatic heterocycles. The lowest BCUT2D eigenvalue weighted by molar-refractivity contribution is 0.206. The molecule has 0 atom stereocenters. The first-order valence-corrected chi connectivity index (χ1v) is 8.53. The molecule has 1 aromatic carbocycles. The molecule has 0 aliphatic carbocycles. The van der Waals surface area contributed by atoms with E-state index < -0.39 is 0 Å². The van der Waals surface area contributed by atoms with Crippen molar-refractivity contribution in [1.82, 2.24) is 15.1 Å². The number of rotatable bonds is 4. The first-order valence-electron chi connectivity index (χ1n) is 7.71. The number of hydrogen-bond acceptors (Lipinski definition) is 4. The maximum Gasteiger partial charge on any atom is 0.324 e. The van der Waals surface area contributed by atoms with Crippen LogP contribution in [0.4, 0.5) is 9.93 Å². The van der Waals surface area contributed by atoms with E-state index in [1.807, 2.05) is 17.0 Å². The smallest absolute Gasteiger partial charge is 0.320 e. The number of nitrogens with one attached hydrogen (secondary N) is 1. The van der Waals surface area contributed by atoms with E-state index in [0.717, 1.165) is 37.2 Å². The van der Waals surface area contributed by atoms with Crippen molar-refractivity contribution >= 4 is 22.5 Å². The number of anilines is 1. The zero-order valence-electron chi connectivity index (χ0n) is 12.7. The quantitative estimate of drug-likeness (QED) is 0.939. The summed E-state index contributed by atoms with van der Waals surface area (Å²) >= 11 is 1.47. The number of urea groups is 1. The molecule has 0 saturated carbocycles. The minimum atomic E-state index is -0.0901. The van der Waals surface area contributed by atoms with Crippen molar-refractivity contribution < 1.29 is 4.79 Å². The van der Waals surface area contributed by atoms with Gasteiger partial charge in [-0.05, 0) is 24.0 Å². The van der Waals surface area contributed by atoms with Crippen LogP contribution in [0.2, 0.25) is 0 Å². The van der Waals surface area contributed by atoms with E-state index in [2.05, 4.69) is 34.6 Å². The highest BCUT2D eigenvalue weighted by Crippen LogP contribution is 2.21. The number of aromatic nitrogens is 2. The molecule has 1 aliphatic rings. The molecule has 22 heavy (non-hydrogen) atoms. The van der Waals surface area contributed by atoms with Crippen LogP contribution < -0.4 is 5.32 Å². The second kappa shape index (κ2) is 6.87. The van der Waals surface area contributed by atoms with Crippen LogP contribution in [0.25, 0.3) is 0 Å². The van der Waals surface area contributed by atoms with Crippen molar-refractivity contribution in [1.29, 1.82) is 0 Å². The SMILES string of the molecule is CCCCc1nnc(NC(=O)N2CCc3ccccc3C2)s1. The van der Waals surface area contributed by atoms with E-state index >= 15 is 0 Å². The molecule has 2 amide bonds. The second-order valence-corrected chi connectivity index (χ2v) is 6.54. The van der Waals surface area contributed by atoms with E-state index in [4.69, 9.17) is 0 Å². The molecule has 1 aromatic heterocycles. The molecule has 0 spiro atoms. The van der Waals surface area contributed by atoms with Gasteiger partial charge in [0.15, 0.2) is 0 Å². The molecule has 0 bridgehead atoms. The lowest BCUT2D eigenvalue weighted by Gasteiger charge is -2.28. The summed E-state index contributed by atoms with van der Waals surface area (Å²) in [6, 6.07) is 8.20. The van der Waals surface area contributed by atoms with Crippen molar-refractivity contribution in [2.45, 2.75) is 39.2 Å². The Kier molecular flexibility index (Phi) is 4.68. The maximum absolute atomic E-state index is 12.4. The summed E-state index contributed by atoms with van der Waals surface area (Å²) in [6.07, 6.45) is 4.07. The maximum atomic E-state index is 12.4. The minimum Gasteiger partial charge on any atom is -0.320 e. The zero-order chi connectivity index (χ0) is 15.4. The Morgan fingerprint density at radius 1 is 1.32 bits per heavy atom. The Morgan fingerprint density at radius 2 is 2.14 bits per heavy atom. The van der Waals surface area contributed by atoms with Gasteiger partial charge in [-0.2, -0.15) is 0 Å². The summed E-state index contributed by atoms with van der Waals surface area (Å²) in [6.45, 7) is 3.55. The van der Waals surface area contributed by atoms with Crippen molar-refractivity contribution in [3.05, 3.63) is 40.4 Å². The summed E-state index contributed by atoms with van der Waals surface area (Å²) in [7, 11) is 0. The van der Waals surface area contributed by atoms with Crippen molar-refractivity contribution in [2.75, 3.05) is 11.9 Å². The van der Waals surface area contributed by atoms with E-state index in [-0.39, 0.29) is 6.03 Å². The molecular formula is C16H20N4OS. The van der Waals surface area contributed by atoms with Crippen LogP contribution in [0.15, 0.2) is 24.3 Å². The summed E-state index contributed by atoms with van der Waals surface area (Å²) in [4.78, 5) is 14.2. The number of amides is 2. The van der Waals surface area contributed by atoms with Crippen LogP contribution in [0, 0.1) is 0 Å². The number of hydrogen-bond donors (Lipinski definition) is 1. The van der Waals surface area contributed by atoms with E-state index in [9.17, 15) is 4.79 Å². The summed E-state index contributed by atoms with van der Waals surface area (Å²) < 4.78 is 0. The average Bonchev–Trinajstić information content (AvgIpc) is 2.99. The van der Waals surface area contributed by atoms with Gasteiger partial charge >= 0.3 is 6.03 Å². The molecule has 2 heterocycles. The first kappa shape index (κ1) is 15.0. The Morgan fingerprint density at radius 3 is 2.95 bits per heavy atom. The summed E-state index contributed by atoms with van der Waals surface area (Å²) in [5.41, 5.74) is 2.56. The lowest BCUT2D eigenvalue weighted by Crippen LogP contribution is -2.38. The van der Waals surface area contributed by atoms with Gasteiger partial charge in [0.25, 0.3) is 0 Å². The number of nitrogens with zero attached hydrogens (tertiary/aromatic N) is 3. The molecule has 0 saturated heterocycles. The van der Waals surface area contributed by atoms with Gasteiger partial charge in [0, 0.05) is 19.5 Å². The fourth-order valence-corrected chi connectivity index (χ4v) is 3.34. The number of carbonyl (C=O) groups is 1. The van der Waals surface area contributed by atoms with Crippen molar-refractivity contribution in [3.63, 3.8) is 0 Å². The highest BCUT2D eigenvalue weighted by molar-refractivity contribution is 7.15. The molecule has 5 nitrogen and oxygen atoms in total. The highest BCUT2D eigenvalue weighted by Gasteiger charge is 2.21. The molecule has 0 radical (unpaired) electrons. The first-order chi connectivity index (χ1) is 10.8. The molecule has 0 unspecified atom stereocenters. The third kappa shape index (κ3) is 3.44. The standard InChI is InChI=1S/C16H20N4OS/c1-2-3-8-14-18-19-15(22-14)17-16(21)20-10-9-12-6-4-5-7-13(12)11-20/h4-7H,2-3,8-11H2,1H3,(H,17,19,21). The van der Waals surface area contributed by atoms with Crippen LogP contribution in [0.1, 0.15) is 35.9 Å². The summed E-state index contributed by atoms with van der Waals surface area (Å²) in [5, 5.41) is 12.6. The Bertz CT molecular complexity index is 655. The predicted octanol–water partition coefficient (Wildman–Crippen LogP) is 3.47. The van der Waals surface area contributed by atoms with Crippen LogP contribution in [0.3, 0.4) is 0 Å². The molecule has 0 fully saturated rings. The zero-order valence-corrected chi connectivity index (χ0v) is 13.5. The Labute approximate surface area is 134 Å². The fourth-order valence-electron chi connectivity index (χ4n) is 2.57. The van der Waals surface area contributed by atoms with Crippen LogP contribution in [-0.4, -0.2) is 27.7 Å². The van der Waals surface area contributed by atoms with Gasteiger partial charge in [-0.3, -0.25) is 5.32 Å². The van der Waals surface area contributed by atoms with E-state index in [1.54, 1.807) is 0 Å².